The van der Waals surface area contributed by atoms with Gasteiger partial charge in [0, 0.05) is 17.9 Å². The van der Waals surface area contributed by atoms with Crippen LogP contribution >= 0.6 is 0 Å². The van der Waals surface area contributed by atoms with Gasteiger partial charge in [-0.05, 0) is 24.3 Å². The van der Waals surface area contributed by atoms with E-state index >= 15 is 0 Å². The summed E-state index contributed by atoms with van der Waals surface area (Å²) < 4.78 is 10.1. The molecule has 0 saturated carbocycles. The van der Waals surface area contributed by atoms with Gasteiger partial charge in [-0.1, -0.05) is 0 Å². The van der Waals surface area contributed by atoms with Gasteiger partial charge in [0.05, 0.1) is 19.8 Å². The molecule has 0 aromatic heterocycles. The van der Waals surface area contributed by atoms with Crippen LogP contribution in [0.4, 0.5) is 16.2 Å². The molecule has 7 heteroatoms. The number of amides is 2. The first-order valence-corrected chi connectivity index (χ1v) is 6.76. The molecule has 3 rings (SSSR count). The lowest BCUT2D eigenvalue weighted by atomic mass is 10.2. The van der Waals surface area contributed by atoms with E-state index in [2.05, 4.69) is 0 Å². The molecule has 0 unspecified atom stereocenters. The minimum Gasteiger partial charge on any atom is -0.441 e. The normalized spacial score (nSPS) is 22.6. The van der Waals surface area contributed by atoms with E-state index in [9.17, 15) is 9.59 Å². The van der Waals surface area contributed by atoms with Crippen LogP contribution in [0.25, 0.3) is 0 Å². The van der Waals surface area contributed by atoms with Gasteiger partial charge >= 0.3 is 6.09 Å². The summed E-state index contributed by atoms with van der Waals surface area (Å²) >= 11 is 0. The second-order valence-electron chi connectivity index (χ2n) is 4.91. The molecule has 1 N–H and O–H groups in total. The molecule has 2 fully saturated rings. The first kappa shape index (κ1) is 13.8. The standard InChI is InChI=1S/C14H16N2O5/c17-8-12-7-16(14(19)21-12)11-3-1-10(2-4-11)15-5-6-20-9-13(15)18/h1-4,12,17H,5-9H2/t12-/m0/s1. The van der Waals surface area contributed by atoms with E-state index in [1.54, 1.807) is 29.2 Å². The minimum atomic E-state index is -0.488. The van der Waals surface area contributed by atoms with E-state index in [4.69, 9.17) is 14.6 Å². The maximum atomic E-state index is 11.8. The van der Waals surface area contributed by atoms with Crippen molar-refractivity contribution < 1.29 is 24.2 Å². The molecule has 0 spiro atoms. The van der Waals surface area contributed by atoms with Gasteiger partial charge in [0.1, 0.15) is 12.7 Å². The van der Waals surface area contributed by atoms with Crippen LogP contribution in [0.1, 0.15) is 0 Å². The van der Waals surface area contributed by atoms with Crippen molar-refractivity contribution in [2.24, 2.45) is 0 Å². The highest BCUT2D eigenvalue weighted by atomic mass is 16.6. The monoisotopic (exact) mass is 292 g/mol. The van der Waals surface area contributed by atoms with E-state index in [0.717, 1.165) is 5.69 Å². The first-order chi connectivity index (χ1) is 10.2. The Morgan fingerprint density at radius 3 is 2.38 bits per heavy atom. The predicted molar refractivity (Wildman–Crippen MR) is 74.3 cm³/mol. The molecule has 1 aromatic rings. The molecule has 0 aliphatic carbocycles. The van der Waals surface area contributed by atoms with Gasteiger partial charge < -0.3 is 19.5 Å². The Morgan fingerprint density at radius 1 is 1.14 bits per heavy atom. The lowest BCUT2D eigenvalue weighted by Gasteiger charge is -2.27. The van der Waals surface area contributed by atoms with E-state index in [0.29, 0.717) is 25.4 Å². The van der Waals surface area contributed by atoms with Crippen LogP contribution < -0.4 is 9.80 Å². The second-order valence-corrected chi connectivity index (χ2v) is 4.91. The highest BCUT2D eigenvalue weighted by Gasteiger charge is 2.31. The third-order valence-electron chi connectivity index (χ3n) is 3.54. The van der Waals surface area contributed by atoms with E-state index in [-0.39, 0.29) is 19.1 Å². The van der Waals surface area contributed by atoms with Crippen molar-refractivity contribution in [2.45, 2.75) is 6.10 Å². The van der Waals surface area contributed by atoms with Gasteiger partial charge in [-0.25, -0.2) is 4.79 Å². The molecule has 7 nitrogen and oxygen atoms in total. The number of carbonyl (C=O) groups is 2. The Labute approximate surface area is 121 Å². The first-order valence-electron chi connectivity index (χ1n) is 6.76. The minimum absolute atomic E-state index is 0.0741. The fraction of sp³-hybridized carbons (Fsp3) is 0.429. The number of morpholine rings is 1. The fourth-order valence-electron chi connectivity index (χ4n) is 2.43. The molecular formula is C14H16N2O5. The number of aliphatic hydroxyl groups is 1. The average molecular weight is 292 g/mol. The highest BCUT2D eigenvalue weighted by molar-refractivity contribution is 5.95. The Hall–Kier alpha value is -2.12. The van der Waals surface area contributed by atoms with Crippen LogP contribution in [0, 0.1) is 0 Å². The summed E-state index contributed by atoms with van der Waals surface area (Å²) in [4.78, 5) is 26.6. The van der Waals surface area contributed by atoms with Gasteiger partial charge in [-0.2, -0.15) is 0 Å². The number of nitrogens with zero attached hydrogens (tertiary/aromatic N) is 2. The van der Waals surface area contributed by atoms with Gasteiger partial charge in [0.25, 0.3) is 5.91 Å². The Balaban J connectivity index is 1.75. The summed E-state index contributed by atoms with van der Waals surface area (Å²) in [6.07, 6.45) is -0.956. The number of hydrogen-bond donors (Lipinski definition) is 1. The van der Waals surface area contributed by atoms with Crippen LogP contribution in [-0.4, -0.2) is 56.1 Å². The van der Waals surface area contributed by atoms with Gasteiger partial charge in [-0.15, -0.1) is 0 Å². The molecule has 2 amide bonds. The largest absolute Gasteiger partial charge is 0.441 e. The molecule has 2 heterocycles. The summed E-state index contributed by atoms with van der Waals surface area (Å²) in [5.74, 6) is -0.0741. The number of ether oxygens (including phenoxy) is 2. The summed E-state index contributed by atoms with van der Waals surface area (Å²) in [6, 6.07) is 7.11. The number of carbonyl (C=O) groups excluding carboxylic acids is 2. The molecule has 21 heavy (non-hydrogen) atoms. The van der Waals surface area contributed by atoms with Crippen molar-refractivity contribution in [2.75, 3.05) is 42.7 Å². The molecule has 0 radical (unpaired) electrons. The SMILES string of the molecule is O=C1COCCN1c1ccc(N2C[C@@H](CO)OC2=O)cc1. The van der Waals surface area contributed by atoms with Crippen molar-refractivity contribution in [3.05, 3.63) is 24.3 Å². The third-order valence-corrected chi connectivity index (χ3v) is 3.54. The van der Waals surface area contributed by atoms with Gasteiger partial charge in [0.2, 0.25) is 0 Å². The molecule has 1 atom stereocenters. The van der Waals surface area contributed by atoms with Crippen molar-refractivity contribution in [1.29, 1.82) is 0 Å². The van der Waals surface area contributed by atoms with Crippen molar-refractivity contribution in [1.82, 2.24) is 0 Å². The average Bonchev–Trinajstić information content (AvgIpc) is 2.89. The zero-order chi connectivity index (χ0) is 14.8. The molecule has 0 bridgehead atoms. The van der Waals surface area contributed by atoms with Crippen molar-refractivity contribution in [3.63, 3.8) is 0 Å². The number of cyclic esters (lactones) is 1. The molecule has 2 aliphatic heterocycles. The van der Waals surface area contributed by atoms with Crippen LogP contribution in [-0.2, 0) is 14.3 Å². The second kappa shape index (κ2) is 5.71. The summed E-state index contributed by atoms with van der Waals surface area (Å²) in [5, 5.41) is 9.03. The zero-order valence-corrected chi connectivity index (χ0v) is 11.4. The zero-order valence-electron chi connectivity index (χ0n) is 11.4. The summed E-state index contributed by atoms with van der Waals surface area (Å²) in [6.45, 7) is 1.27. The van der Waals surface area contributed by atoms with Gasteiger partial charge in [0.15, 0.2) is 0 Å². The lowest BCUT2D eigenvalue weighted by molar-refractivity contribution is -0.125. The predicted octanol–water partition coefficient (Wildman–Crippen LogP) is 0.367. The molecule has 2 aliphatic rings. The smallest absolute Gasteiger partial charge is 0.414 e. The summed E-state index contributed by atoms with van der Waals surface area (Å²) in [7, 11) is 0. The third kappa shape index (κ3) is 2.70. The number of aliphatic hydroxyl groups excluding tert-OH is 1. The summed E-state index contributed by atoms with van der Waals surface area (Å²) in [5.41, 5.74) is 1.46. The van der Waals surface area contributed by atoms with Crippen LogP contribution in [0.2, 0.25) is 0 Å². The number of benzene rings is 1. The fourth-order valence-corrected chi connectivity index (χ4v) is 2.43. The molecule has 2 saturated heterocycles. The number of hydrogen-bond acceptors (Lipinski definition) is 5. The van der Waals surface area contributed by atoms with Crippen molar-refractivity contribution >= 4 is 23.4 Å². The highest BCUT2D eigenvalue weighted by Crippen LogP contribution is 2.25. The van der Waals surface area contributed by atoms with E-state index in [1.807, 2.05) is 0 Å². The molecule has 112 valence electrons. The maximum absolute atomic E-state index is 11.8. The van der Waals surface area contributed by atoms with E-state index < -0.39 is 12.2 Å². The Kier molecular flexibility index (Phi) is 3.76. The van der Waals surface area contributed by atoms with Crippen molar-refractivity contribution in [3.8, 4) is 0 Å². The quantitative estimate of drug-likeness (QED) is 0.870. The van der Waals surface area contributed by atoms with Gasteiger partial charge in [-0.3, -0.25) is 9.69 Å². The number of rotatable bonds is 3. The Bertz CT molecular complexity index is 545. The maximum Gasteiger partial charge on any atom is 0.414 e. The molecule has 1 aromatic carbocycles. The lowest BCUT2D eigenvalue weighted by Crippen LogP contribution is -2.41. The molecular weight excluding hydrogens is 276 g/mol. The van der Waals surface area contributed by atoms with E-state index in [1.165, 1.54) is 4.90 Å². The van der Waals surface area contributed by atoms with Crippen LogP contribution in [0.5, 0.6) is 0 Å². The van der Waals surface area contributed by atoms with Crippen LogP contribution in [0.15, 0.2) is 24.3 Å². The number of anilines is 2. The van der Waals surface area contributed by atoms with Crippen LogP contribution in [0.3, 0.4) is 0 Å². The topological polar surface area (TPSA) is 79.3 Å². The Morgan fingerprint density at radius 2 is 1.81 bits per heavy atom.